The van der Waals surface area contributed by atoms with Gasteiger partial charge in [-0.2, -0.15) is 13.2 Å². The molecule has 2 rings (SSSR count). The first-order chi connectivity index (χ1) is 10.2. The van der Waals surface area contributed by atoms with Crippen molar-refractivity contribution >= 4 is 11.9 Å². The summed E-state index contributed by atoms with van der Waals surface area (Å²) in [5.41, 5.74) is -2.05. The molecule has 2 atom stereocenters. The van der Waals surface area contributed by atoms with Gasteiger partial charge in [0.15, 0.2) is 5.78 Å². The van der Waals surface area contributed by atoms with E-state index in [9.17, 15) is 22.8 Å². The molecular weight excluding hydrogens is 299 g/mol. The predicted molar refractivity (Wildman–Crippen MR) is 72.3 cm³/mol. The minimum Gasteiger partial charge on any atom is -0.465 e. The van der Waals surface area contributed by atoms with Crippen molar-refractivity contribution in [1.82, 2.24) is 5.32 Å². The van der Waals surface area contributed by atoms with Crippen molar-refractivity contribution < 1.29 is 27.9 Å². The number of rotatable bonds is 2. The van der Waals surface area contributed by atoms with Gasteiger partial charge >= 0.3 is 12.3 Å². The zero-order valence-corrected chi connectivity index (χ0v) is 11.9. The van der Waals surface area contributed by atoms with Gasteiger partial charge in [0.25, 0.3) is 0 Å². The van der Waals surface area contributed by atoms with Crippen LogP contribution in [0.25, 0.3) is 0 Å². The second-order valence-electron chi connectivity index (χ2n) is 5.57. The summed E-state index contributed by atoms with van der Waals surface area (Å²) in [5.74, 6) is -0.649. The normalized spacial score (nSPS) is 25.8. The quantitative estimate of drug-likeness (QED) is 0.877. The third-order valence-corrected chi connectivity index (χ3v) is 4.08. The van der Waals surface area contributed by atoms with Crippen LogP contribution < -0.4 is 5.32 Å². The van der Waals surface area contributed by atoms with E-state index in [1.165, 1.54) is 12.1 Å². The molecule has 1 amide bonds. The van der Waals surface area contributed by atoms with E-state index in [-0.39, 0.29) is 23.7 Å². The molecule has 1 aliphatic carbocycles. The van der Waals surface area contributed by atoms with Crippen LogP contribution >= 0.6 is 0 Å². The molecule has 0 aliphatic heterocycles. The first kappa shape index (κ1) is 16.3. The molecule has 0 heterocycles. The average Bonchev–Trinajstić information content (AvgIpc) is 2.43. The van der Waals surface area contributed by atoms with E-state index in [1.54, 1.807) is 6.92 Å². The molecule has 4 nitrogen and oxygen atoms in total. The molecular formula is C15H16F3NO3. The molecule has 120 valence electrons. The summed E-state index contributed by atoms with van der Waals surface area (Å²) >= 11 is 0. The monoisotopic (exact) mass is 315 g/mol. The summed E-state index contributed by atoms with van der Waals surface area (Å²) < 4.78 is 37.9. The molecule has 7 heteroatoms. The topological polar surface area (TPSA) is 66.4 Å². The van der Waals surface area contributed by atoms with Gasteiger partial charge in [0, 0.05) is 5.92 Å². The maximum atomic E-state index is 12.6. The fraction of sp³-hybridized carbons (Fsp3) is 0.467. The Bertz CT molecular complexity index is 583. The van der Waals surface area contributed by atoms with Crippen LogP contribution in [0.5, 0.6) is 0 Å². The molecule has 0 spiro atoms. The summed E-state index contributed by atoms with van der Waals surface area (Å²) in [6.07, 6.45) is -4.34. The van der Waals surface area contributed by atoms with E-state index in [0.29, 0.717) is 12.8 Å². The summed E-state index contributed by atoms with van der Waals surface area (Å²) in [6, 6.07) is 4.09. The Morgan fingerprint density at radius 2 is 1.91 bits per heavy atom. The van der Waals surface area contributed by atoms with Crippen LogP contribution in [0.2, 0.25) is 0 Å². The van der Waals surface area contributed by atoms with Crippen LogP contribution in [0, 0.1) is 5.92 Å². The van der Waals surface area contributed by atoms with Gasteiger partial charge in [0.1, 0.15) is 5.54 Å². The zero-order valence-electron chi connectivity index (χ0n) is 11.9. The summed E-state index contributed by atoms with van der Waals surface area (Å²) in [7, 11) is 0. The van der Waals surface area contributed by atoms with Crippen molar-refractivity contribution in [3.05, 3.63) is 35.4 Å². The lowest BCUT2D eigenvalue weighted by atomic mass is 9.71. The number of ketones is 1. The van der Waals surface area contributed by atoms with Crippen molar-refractivity contribution in [3.8, 4) is 0 Å². The van der Waals surface area contributed by atoms with E-state index in [0.717, 1.165) is 12.1 Å². The van der Waals surface area contributed by atoms with Crippen LogP contribution in [0.15, 0.2) is 24.3 Å². The van der Waals surface area contributed by atoms with Gasteiger partial charge < -0.3 is 10.4 Å². The lowest BCUT2D eigenvalue weighted by Crippen LogP contribution is -2.55. The molecule has 1 aliphatic rings. The largest absolute Gasteiger partial charge is 0.465 e. The number of hydrogen-bond donors (Lipinski definition) is 2. The summed E-state index contributed by atoms with van der Waals surface area (Å²) in [5, 5.41) is 11.3. The third-order valence-electron chi connectivity index (χ3n) is 4.08. The Kier molecular flexibility index (Phi) is 4.17. The second kappa shape index (κ2) is 5.62. The summed E-state index contributed by atoms with van der Waals surface area (Å²) in [4.78, 5) is 23.6. The van der Waals surface area contributed by atoms with Crippen molar-refractivity contribution in [1.29, 1.82) is 0 Å². The number of amides is 1. The molecule has 1 fully saturated rings. The first-order valence-corrected chi connectivity index (χ1v) is 6.90. The average molecular weight is 315 g/mol. The summed E-state index contributed by atoms with van der Waals surface area (Å²) in [6.45, 7) is 1.70. The number of nitrogens with one attached hydrogen (secondary N) is 1. The Hall–Kier alpha value is -2.05. The lowest BCUT2D eigenvalue weighted by molar-refractivity contribution is -0.137. The van der Waals surface area contributed by atoms with Gasteiger partial charge in [-0.1, -0.05) is 19.1 Å². The highest BCUT2D eigenvalue weighted by Crippen LogP contribution is 2.38. The Morgan fingerprint density at radius 1 is 1.32 bits per heavy atom. The van der Waals surface area contributed by atoms with E-state index in [2.05, 4.69) is 5.32 Å². The van der Waals surface area contributed by atoms with Crippen LogP contribution in [0.3, 0.4) is 0 Å². The number of halogens is 3. The third kappa shape index (κ3) is 2.93. The van der Waals surface area contributed by atoms with Crippen molar-refractivity contribution in [2.45, 2.75) is 37.9 Å². The molecule has 2 N–H and O–H groups in total. The molecule has 0 bridgehead atoms. The SMILES string of the molecule is CC1CCC[C@@](NC(=O)O)(c2ccc(C(F)(F)F)cc2)C1=O. The maximum Gasteiger partial charge on any atom is 0.416 e. The molecule has 1 saturated carbocycles. The molecule has 0 aromatic heterocycles. The van der Waals surface area contributed by atoms with E-state index < -0.39 is 23.4 Å². The number of carbonyl (C=O) groups excluding carboxylic acids is 1. The number of carbonyl (C=O) groups is 2. The van der Waals surface area contributed by atoms with Crippen LogP contribution in [-0.2, 0) is 16.5 Å². The minimum absolute atomic E-state index is 0.244. The van der Waals surface area contributed by atoms with Gasteiger partial charge in [-0.05, 0) is 37.0 Å². The Labute approximate surface area is 125 Å². The van der Waals surface area contributed by atoms with Crippen molar-refractivity contribution in [2.24, 2.45) is 5.92 Å². The first-order valence-electron chi connectivity index (χ1n) is 6.90. The van der Waals surface area contributed by atoms with Crippen LogP contribution in [0.1, 0.15) is 37.3 Å². The molecule has 22 heavy (non-hydrogen) atoms. The van der Waals surface area contributed by atoms with Gasteiger partial charge in [0.05, 0.1) is 5.56 Å². The molecule has 1 aromatic rings. The standard InChI is InChI=1S/C15H16F3NO3/c1-9-3-2-8-14(12(9)20,19-13(21)22)10-4-6-11(7-5-10)15(16,17)18/h4-7,9,19H,2-3,8H2,1H3,(H,21,22)/t9?,14-/m1/s1. The van der Waals surface area contributed by atoms with Gasteiger partial charge in [0.2, 0.25) is 0 Å². The minimum atomic E-state index is -4.48. The highest BCUT2D eigenvalue weighted by Gasteiger charge is 2.46. The number of hydrogen-bond acceptors (Lipinski definition) is 2. The van der Waals surface area contributed by atoms with Crippen LogP contribution in [0.4, 0.5) is 18.0 Å². The number of alkyl halides is 3. The number of carboxylic acid groups (broad SMARTS) is 1. The molecule has 0 saturated heterocycles. The van der Waals surface area contributed by atoms with Crippen LogP contribution in [-0.4, -0.2) is 17.0 Å². The zero-order chi connectivity index (χ0) is 16.5. The molecule has 1 unspecified atom stereocenters. The fourth-order valence-electron chi connectivity index (χ4n) is 2.96. The van der Waals surface area contributed by atoms with E-state index in [1.807, 2.05) is 0 Å². The lowest BCUT2D eigenvalue weighted by Gasteiger charge is -2.38. The number of benzene rings is 1. The molecule has 1 aromatic carbocycles. The van der Waals surface area contributed by atoms with E-state index >= 15 is 0 Å². The Balaban J connectivity index is 2.46. The number of Topliss-reactive ketones (excluding diaryl/α,β-unsaturated/α-hetero) is 1. The van der Waals surface area contributed by atoms with Crippen molar-refractivity contribution in [2.75, 3.05) is 0 Å². The van der Waals surface area contributed by atoms with Gasteiger partial charge in [-0.3, -0.25) is 4.79 Å². The highest BCUT2D eigenvalue weighted by molar-refractivity contribution is 5.94. The van der Waals surface area contributed by atoms with Gasteiger partial charge in [-0.25, -0.2) is 4.79 Å². The van der Waals surface area contributed by atoms with E-state index in [4.69, 9.17) is 5.11 Å². The van der Waals surface area contributed by atoms with Gasteiger partial charge in [-0.15, -0.1) is 0 Å². The fourth-order valence-corrected chi connectivity index (χ4v) is 2.96. The predicted octanol–water partition coefficient (Wildman–Crippen LogP) is 3.56. The highest BCUT2D eigenvalue weighted by atomic mass is 19.4. The molecule has 0 radical (unpaired) electrons. The van der Waals surface area contributed by atoms with Crippen molar-refractivity contribution in [3.63, 3.8) is 0 Å². The Morgan fingerprint density at radius 3 is 2.41 bits per heavy atom. The maximum absolute atomic E-state index is 12.6. The second-order valence-corrected chi connectivity index (χ2v) is 5.57. The smallest absolute Gasteiger partial charge is 0.416 e.